The van der Waals surface area contributed by atoms with Crippen molar-refractivity contribution in [2.24, 2.45) is 0 Å². The molecule has 0 aromatic heterocycles. The minimum atomic E-state index is -0.563. The van der Waals surface area contributed by atoms with Gasteiger partial charge in [0.05, 0.1) is 24.8 Å². The van der Waals surface area contributed by atoms with Gasteiger partial charge in [-0.05, 0) is 36.8 Å². The average Bonchev–Trinajstić information content (AvgIpc) is 2.54. The number of ether oxygens (including phenoxy) is 2. The molecule has 0 heterocycles. The molecular formula is C17H16O5. The summed E-state index contributed by atoms with van der Waals surface area (Å²) in [6.07, 6.45) is 0. The maximum absolute atomic E-state index is 11.9. The van der Waals surface area contributed by atoms with Gasteiger partial charge in [0.2, 0.25) is 0 Å². The van der Waals surface area contributed by atoms with Crippen LogP contribution in [0.4, 0.5) is 0 Å². The molecule has 0 aliphatic carbocycles. The number of benzene rings is 2. The number of phenolic OH excluding ortho intramolecular Hbond substituents is 1. The highest BCUT2D eigenvalue weighted by Gasteiger charge is 2.18. The molecule has 0 aliphatic rings. The molecule has 0 fully saturated rings. The van der Waals surface area contributed by atoms with E-state index >= 15 is 0 Å². The van der Waals surface area contributed by atoms with Crippen LogP contribution in [-0.4, -0.2) is 30.8 Å². The zero-order valence-corrected chi connectivity index (χ0v) is 12.3. The molecule has 0 saturated carbocycles. The Morgan fingerprint density at radius 3 is 2.50 bits per heavy atom. The number of methoxy groups -OCH3 is 1. The number of hydrogen-bond donors (Lipinski definition) is 1. The van der Waals surface area contributed by atoms with E-state index in [-0.39, 0.29) is 17.9 Å². The fraction of sp³-hybridized carbons (Fsp3) is 0.176. The molecule has 0 saturated heterocycles. The van der Waals surface area contributed by atoms with E-state index in [4.69, 9.17) is 9.47 Å². The molecular weight excluding hydrogens is 284 g/mol. The molecule has 0 spiro atoms. The van der Waals surface area contributed by atoms with E-state index in [1.807, 2.05) is 0 Å². The van der Waals surface area contributed by atoms with Crippen LogP contribution in [0.5, 0.6) is 5.75 Å². The van der Waals surface area contributed by atoms with Gasteiger partial charge in [0.1, 0.15) is 5.75 Å². The lowest BCUT2D eigenvalue weighted by molar-refractivity contribution is 0.0525. The Bertz CT molecular complexity index is 706. The van der Waals surface area contributed by atoms with Crippen molar-refractivity contribution < 1.29 is 24.2 Å². The van der Waals surface area contributed by atoms with Gasteiger partial charge in [-0.2, -0.15) is 0 Å². The van der Waals surface area contributed by atoms with Crippen LogP contribution in [0.1, 0.15) is 27.6 Å². The summed E-state index contributed by atoms with van der Waals surface area (Å²) in [7, 11) is 1.27. The van der Waals surface area contributed by atoms with Crippen LogP contribution < -0.4 is 0 Å². The Balaban J connectivity index is 2.55. The zero-order valence-electron chi connectivity index (χ0n) is 12.3. The monoisotopic (exact) mass is 300 g/mol. The topological polar surface area (TPSA) is 72.8 Å². The highest BCUT2D eigenvalue weighted by atomic mass is 16.5. The second-order valence-corrected chi connectivity index (χ2v) is 4.49. The lowest BCUT2D eigenvalue weighted by Crippen LogP contribution is -2.06. The molecule has 0 bridgehead atoms. The predicted octanol–water partition coefficient (Wildman–Crippen LogP) is 3.02. The first kappa shape index (κ1) is 15.6. The third kappa shape index (κ3) is 3.09. The van der Waals surface area contributed by atoms with Gasteiger partial charge < -0.3 is 14.6 Å². The van der Waals surface area contributed by atoms with Crippen LogP contribution >= 0.6 is 0 Å². The van der Waals surface area contributed by atoms with E-state index in [0.717, 1.165) is 0 Å². The lowest BCUT2D eigenvalue weighted by Gasteiger charge is -2.11. The minimum Gasteiger partial charge on any atom is -0.507 e. The minimum absolute atomic E-state index is 0.0658. The van der Waals surface area contributed by atoms with E-state index in [2.05, 4.69) is 0 Å². The Labute approximate surface area is 128 Å². The molecule has 0 radical (unpaired) electrons. The van der Waals surface area contributed by atoms with Gasteiger partial charge in [0.15, 0.2) is 0 Å². The first-order valence-corrected chi connectivity index (χ1v) is 6.76. The molecule has 0 amide bonds. The normalized spacial score (nSPS) is 10.1. The molecule has 2 rings (SSSR count). The van der Waals surface area contributed by atoms with Crippen LogP contribution in [0.2, 0.25) is 0 Å². The van der Waals surface area contributed by atoms with Crippen LogP contribution in [0.15, 0.2) is 42.5 Å². The molecule has 114 valence electrons. The summed E-state index contributed by atoms with van der Waals surface area (Å²) in [5, 5.41) is 10.1. The van der Waals surface area contributed by atoms with Crippen LogP contribution in [0.3, 0.4) is 0 Å². The van der Waals surface area contributed by atoms with Gasteiger partial charge in [-0.15, -0.1) is 0 Å². The second kappa shape index (κ2) is 6.76. The summed E-state index contributed by atoms with van der Waals surface area (Å²) < 4.78 is 9.68. The van der Waals surface area contributed by atoms with Crippen molar-refractivity contribution in [3.05, 3.63) is 53.6 Å². The molecule has 22 heavy (non-hydrogen) atoms. The average molecular weight is 300 g/mol. The van der Waals surface area contributed by atoms with E-state index in [1.54, 1.807) is 43.3 Å². The highest BCUT2D eigenvalue weighted by molar-refractivity contribution is 6.00. The van der Waals surface area contributed by atoms with Crippen molar-refractivity contribution in [1.29, 1.82) is 0 Å². The quantitative estimate of drug-likeness (QED) is 0.879. The molecule has 1 N–H and O–H groups in total. The summed E-state index contributed by atoms with van der Waals surface area (Å²) in [4.78, 5) is 23.7. The maximum atomic E-state index is 11.9. The van der Waals surface area contributed by atoms with E-state index < -0.39 is 11.9 Å². The number of esters is 2. The molecule has 0 unspecified atom stereocenters. The third-order valence-corrected chi connectivity index (χ3v) is 3.11. The SMILES string of the molecule is CCOC(=O)c1cccc(-c2c(O)cccc2C(=O)OC)c1. The van der Waals surface area contributed by atoms with Gasteiger partial charge in [-0.1, -0.05) is 18.2 Å². The Kier molecular flexibility index (Phi) is 4.78. The maximum Gasteiger partial charge on any atom is 0.338 e. The zero-order chi connectivity index (χ0) is 16.1. The summed E-state index contributed by atoms with van der Waals surface area (Å²) in [6, 6.07) is 11.1. The first-order valence-electron chi connectivity index (χ1n) is 6.76. The number of aromatic hydroxyl groups is 1. The van der Waals surface area contributed by atoms with Gasteiger partial charge in [0.25, 0.3) is 0 Å². The molecule has 5 nitrogen and oxygen atoms in total. The Morgan fingerprint density at radius 1 is 1.09 bits per heavy atom. The smallest absolute Gasteiger partial charge is 0.338 e. The van der Waals surface area contributed by atoms with Crippen molar-refractivity contribution in [3.63, 3.8) is 0 Å². The van der Waals surface area contributed by atoms with E-state index in [0.29, 0.717) is 16.7 Å². The molecule has 0 atom stereocenters. The van der Waals surface area contributed by atoms with Crippen molar-refractivity contribution in [3.8, 4) is 16.9 Å². The van der Waals surface area contributed by atoms with Gasteiger partial charge in [0, 0.05) is 5.56 Å². The van der Waals surface area contributed by atoms with Crippen molar-refractivity contribution in [1.82, 2.24) is 0 Å². The number of hydrogen-bond acceptors (Lipinski definition) is 5. The third-order valence-electron chi connectivity index (χ3n) is 3.11. The Hall–Kier alpha value is -2.82. The molecule has 2 aromatic rings. The summed E-state index contributed by atoms with van der Waals surface area (Å²) in [5.74, 6) is -1.09. The van der Waals surface area contributed by atoms with Crippen molar-refractivity contribution in [2.75, 3.05) is 13.7 Å². The summed E-state index contributed by atoms with van der Waals surface area (Å²) in [5.41, 5.74) is 1.42. The number of rotatable bonds is 4. The first-order chi connectivity index (χ1) is 10.6. The Morgan fingerprint density at radius 2 is 1.82 bits per heavy atom. The highest BCUT2D eigenvalue weighted by Crippen LogP contribution is 2.33. The fourth-order valence-corrected chi connectivity index (χ4v) is 2.14. The standard InChI is InChI=1S/C17H16O5/c1-3-22-16(19)12-7-4-6-11(10-12)15-13(17(20)21-2)8-5-9-14(15)18/h4-10,18H,3H2,1-2H3. The molecule has 2 aromatic carbocycles. The summed E-state index contributed by atoms with van der Waals surface area (Å²) in [6.45, 7) is 1.99. The predicted molar refractivity (Wildman–Crippen MR) is 80.8 cm³/mol. The number of carbonyl (C=O) groups is 2. The van der Waals surface area contributed by atoms with Crippen molar-refractivity contribution in [2.45, 2.75) is 6.92 Å². The number of carbonyl (C=O) groups excluding carboxylic acids is 2. The van der Waals surface area contributed by atoms with E-state index in [1.165, 1.54) is 13.2 Å². The van der Waals surface area contributed by atoms with Crippen molar-refractivity contribution >= 4 is 11.9 Å². The van der Waals surface area contributed by atoms with Crippen LogP contribution in [0.25, 0.3) is 11.1 Å². The number of phenols is 1. The van der Waals surface area contributed by atoms with Crippen LogP contribution in [-0.2, 0) is 9.47 Å². The summed E-state index contributed by atoms with van der Waals surface area (Å²) >= 11 is 0. The van der Waals surface area contributed by atoms with Gasteiger partial charge >= 0.3 is 11.9 Å². The fourth-order valence-electron chi connectivity index (χ4n) is 2.14. The molecule has 0 aliphatic heterocycles. The van der Waals surface area contributed by atoms with Gasteiger partial charge in [-0.25, -0.2) is 9.59 Å². The van der Waals surface area contributed by atoms with Gasteiger partial charge in [-0.3, -0.25) is 0 Å². The lowest BCUT2D eigenvalue weighted by atomic mass is 9.97. The van der Waals surface area contributed by atoms with E-state index in [9.17, 15) is 14.7 Å². The van der Waals surface area contributed by atoms with Crippen LogP contribution in [0, 0.1) is 0 Å². The largest absolute Gasteiger partial charge is 0.507 e. The molecule has 5 heteroatoms. The second-order valence-electron chi connectivity index (χ2n) is 4.49.